The Morgan fingerprint density at radius 2 is 1.67 bits per heavy atom. The molecule has 0 rings (SSSR count). The lowest BCUT2D eigenvalue weighted by Crippen LogP contribution is -1.88. The smallest absolute Gasteiger partial charge is 0.0549 e. The van der Waals surface area contributed by atoms with Crippen molar-refractivity contribution in [1.82, 2.24) is 0 Å². The van der Waals surface area contributed by atoms with E-state index in [0.29, 0.717) is 0 Å². The zero-order valence-corrected chi connectivity index (χ0v) is 10.3. The molecule has 0 aromatic carbocycles. The topological polar surface area (TPSA) is 0 Å². The third-order valence-electron chi connectivity index (χ3n) is 2.20. The van der Waals surface area contributed by atoms with Gasteiger partial charge >= 0.3 is 0 Å². The summed E-state index contributed by atoms with van der Waals surface area (Å²) in [7, 11) is 0.795. The molecule has 74 valence electrons. The molecular formula is C11H26P+. The lowest BCUT2D eigenvalue weighted by atomic mass is 10.1. The van der Waals surface area contributed by atoms with Crippen molar-refractivity contribution in [2.24, 2.45) is 5.92 Å². The predicted octanol–water partition coefficient (Wildman–Crippen LogP) is 4.02. The molecular weight excluding hydrogens is 163 g/mol. The SMILES string of the molecule is CCCCC[PH2+]CCCC(C)C. The summed E-state index contributed by atoms with van der Waals surface area (Å²) in [5, 5.41) is 0. The molecule has 0 heterocycles. The van der Waals surface area contributed by atoms with Gasteiger partial charge < -0.3 is 0 Å². The molecule has 1 unspecified atom stereocenters. The first-order chi connectivity index (χ1) is 5.77. The molecule has 0 aliphatic carbocycles. The largest absolute Gasteiger partial charge is 0.0654 e. The maximum Gasteiger partial charge on any atom is 0.0549 e. The Bertz CT molecular complexity index is 79.1. The van der Waals surface area contributed by atoms with Crippen molar-refractivity contribution in [3.05, 3.63) is 0 Å². The van der Waals surface area contributed by atoms with Crippen molar-refractivity contribution in [3.63, 3.8) is 0 Å². The molecule has 0 aromatic rings. The molecule has 0 nitrogen and oxygen atoms in total. The highest BCUT2D eigenvalue weighted by atomic mass is 31.1. The highest BCUT2D eigenvalue weighted by molar-refractivity contribution is 7.37. The molecule has 0 aromatic heterocycles. The molecule has 12 heavy (non-hydrogen) atoms. The molecule has 0 aliphatic heterocycles. The van der Waals surface area contributed by atoms with Gasteiger partial charge in [0, 0.05) is 0 Å². The van der Waals surface area contributed by atoms with E-state index in [1.165, 1.54) is 32.1 Å². The zero-order valence-electron chi connectivity index (χ0n) is 9.10. The van der Waals surface area contributed by atoms with Crippen LogP contribution in [0.3, 0.4) is 0 Å². The zero-order chi connectivity index (χ0) is 9.23. The van der Waals surface area contributed by atoms with Crippen LogP contribution in [0.1, 0.15) is 52.9 Å². The van der Waals surface area contributed by atoms with Crippen molar-refractivity contribution in [2.45, 2.75) is 52.9 Å². The van der Waals surface area contributed by atoms with Crippen molar-refractivity contribution >= 4 is 8.58 Å². The Kier molecular flexibility index (Phi) is 9.86. The third-order valence-corrected chi connectivity index (χ3v) is 3.83. The second-order valence-corrected chi connectivity index (χ2v) is 5.84. The Morgan fingerprint density at radius 1 is 1.00 bits per heavy atom. The molecule has 0 amide bonds. The molecule has 0 fully saturated rings. The van der Waals surface area contributed by atoms with Gasteiger partial charge in [0.1, 0.15) is 0 Å². The lowest BCUT2D eigenvalue weighted by Gasteiger charge is -2.00. The summed E-state index contributed by atoms with van der Waals surface area (Å²) in [6.07, 6.45) is 10.4. The fourth-order valence-electron chi connectivity index (χ4n) is 1.35. The van der Waals surface area contributed by atoms with Gasteiger partial charge in [-0.3, -0.25) is 0 Å². The predicted molar refractivity (Wildman–Crippen MR) is 63.0 cm³/mol. The van der Waals surface area contributed by atoms with Crippen LogP contribution in [0, 0.1) is 5.92 Å². The van der Waals surface area contributed by atoms with Crippen LogP contribution in [0.25, 0.3) is 0 Å². The molecule has 0 saturated carbocycles. The van der Waals surface area contributed by atoms with Gasteiger partial charge in [-0.05, 0) is 33.8 Å². The minimum absolute atomic E-state index is 0.795. The summed E-state index contributed by atoms with van der Waals surface area (Å²) in [6, 6.07) is 0. The van der Waals surface area contributed by atoms with Gasteiger partial charge in [0.15, 0.2) is 0 Å². The second-order valence-electron chi connectivity index (χ2n) is 4.11. The minimum atomic E-state index is 0.795. The van der Waals surface area contributed by atoms with Crippen LogP contribution in [0.4, 0.5) is 0 Å². The fraction of sp³-hybridized carbons (Fsp3) is 1.00. The van der Waals surface area contributed by atoms with Crippen molar-refractivity contribution in [3.8, 4) is 0 Å². The highest BCUT2D eigenvalue weighted by Crippen LogP contribution is 2.17. The molecule has 1 heteroatoms. The van der Waals surface area contributed by atoms with Gasteiger partial charge in [-0.2, -0.15) is 0 Å². The molecule has 0 bridgehead atoms. The number of rotatable bonds is 8. The molecule has 0 saturated heterocycles. The summed E-state index contributed by atoms with van der Waals surface area (Å²) in [5.41, 5.74) is 0. The van der Waals surface area contributed by atoms with Crippen LogP contribution in [0.15, 0.2) is 0 Å². The summed E-state index contributed by atoms with van der Waals surface area (Å²) in [6.45, 7) is 6.94. The Labute approximate surface area is 80.3 Å². The number of hydrogen-bond donors (Lipinski definition) is 0. The standard InChI is InChI=1S/C11H25P/c1-4-5-6-9-12-10-7-8-11(2)3/h11-12H,4-10H2,1-3H3/p+1. The van der Waals surface area contributed by atoms with Crippen molar-refractivity contribution in [2.75, 3.05) is 12.3 Å². The average Bonchev–Trinajstić information content (AvgIpc) is 2.02. The minimum Gasteiger partial charge on any atom is -0.0654 e. The van der Waals surface area contributed by atoms with Crippen LogP contribution in [-0.2, 0) is 0 Å². The van der Waals surface area contributed by atoms with Crippen LogP contribution in [0.2, 0.25) is 0 Å². The van der Waals surface area contributed by atoms with Gasteiger partial charge in [-0.15, -0.1) is 0 Å². The Morgan fingerprint density at radius 3 is 2.25 bits per heavy atom. The van der Waals surface area contributed by atoms with E-state index in [-0.39, 0.29) is 0 Å². The summed E-state index contributed by atoms with van der Waals surface area (Å²) in [5.74, 6) is 0.917. The molecule has 0 N–H and O–H groups in total. The van der Waals surface area contributed by atoms with E-state index in [4.69, 9.17) is 0 Å². The van der Waals surface area contributed by atoms with E-state index in [2.05, 4.69) is 20.8 Å². The number of hydrogen-bond acceptors (Lipinski definition) is 0. The van der Waals surface area contributed by atoms with Gasteiger partial charge in [0.25, 0.3) is 0 Å². The van der Waals surface area contributed by atoms with Gasteiger partial charge in [0.2, 0.25) is 0 Å². The monoisotopic (exact) mass is 189 g/mol. The maximum atomic E-state index is 2.33. The third kappa shape index (κ3) is 10.4. The quantitative estimate of drug-likeness (QED) is 0.399. The van der Waals surface area contributed by atoms with E-state index in [0.717, 1.165) is 14.5 Å². The molecule has 0 radical (unpaired) electrons. The normalized spacial score (nSPS) is 12.0. The summed E-state index contributed by atoms with van der Waals surface area (Å²) < 4.78 is 0. The molecule has 0 aliphatic rings. The van der Waals surface area contributed by atoms with Gasteiger partial charge in [-0.1, -0.05) is 33.6 Å². The van der Waals surface area contributed by atoms with E-state index in [9.17, 15) is 0 Å². The lowest BCUT2D eigenvalue weighted by molar-refractivity contribution is 0.578. The second kappa shape index (κ2) is 9.52. The molecule has 0 spiro atoms. The van der Waals surface area contributed by atoms with E-state index in [1.807, 2.05) is 0 Å². The van der Waals surface area contributed by atoms with E-state index >= 15 is 0 Å². The Hall–Kier alpha value is 0.430. The van der Waals surface area contributed by atoms with Gasteiger partial charge in [-0.25, -0.2) is 0 Å². The van der Waals surface area contributed by atoms with Crippen LogP contribution < -0.4 is 0 Å². The van der Waals surface area contributed by atoms with Crippen LogP contribution >= 0.6 is 8.58 Å². The highest BCUT2D eigenvalue weighted by Gasteiger charge is 1.97. The Balaban J connectivity index is 2.82. The first-order valence-electron chi connectivity index (χ1n) is 5.59. The van der Waals surface area contributed by atoms with E-state index < -0.39 is 0 Å². The van der Waals surface area contributed by atoms with E-state index in [1.54, 1.807) is 12.3 Å². The number of unbranched alkanes of at least 4 members (excludes halogenated alkanes) is 2. The maximum absolute atomic E-state index is 2.33. The molecule has 1 atom stereocenters. The summed E-state index contributed by atoms with van der Waals surface area (Å²) >= 11 is 0. The first-order valence-corrected chi connectivity index (χ1v) is 7.22. The van der Waals surface area contributed by atoms with Crippen LogP contribution in [0.5, 0.6) is 0 Å². The average molecular weight is 189 g/mol. The fourth-order valence-corrected chi connectivity index (χ4v) is 2.74. The van der Waals surface area contributed by atoms with Crippen molar-refractivity contribution < 1.29 is 0 Å². The van der Waals surface area contributed by atoms with Crippen molar-refractivity contribution in [1.29, 1.82) is 0 Å². The first kappa shape index (κ1) is 12.4. The van der Waals surface area contributed by atoms with Gasteiger partial charge in [0.05, 0.1) is 12.3 Å². The van der Waals surface area contributed by atoms with Crippen LogP contribution in [-0.4, -0.2) is 12.3 Å². The summed E-state index contributed by atoms with van der Waals surface area (Å²) in [4.78, 5) is 0.